The summed E-state index contributed by atoms with van der Waals surface area (Å²) in [5.41, 5.74) is 0. The van der Waals surface area contributed by atoms with Crippen LogP contribution in [0.15, 0.2) is 24.3 Å². The van der Waals surface area contributed by atoms with Gasteiger partial charge in [0.15, 0.2) is 0 Å². The van der Waals surface area contributed by atoms with Crippen LogP contribution < -0.4 is 0 Å². The molecule has 23 heavy (non-hydrogen) atoms. The van der Waals surface area contributed by atoms with E-state index in [1.165, 1.54) is 36.3 Å². The summed E-state index contributed by atoms with van der Waals surface area (Å²) in [5.74, 6) is 0.419. The van der Waals surface area contributed by atoms with Crippen LogP contribution in [0.1, 0.15) is 35.4 Å². The number of amides is 1. The van der Waals surface area contributed by atoms with Gasteiger partial charge in [0.25, 0.3) is 5.91 Å². The first-order valence-corrected chi connectivity index (χ1v) is 9.12. The molecule has 0 aliphatic carbocycles. The van der Waals surface area contributed by atoms with E-state index in [9.17, 15) is 9.18 Å². The molecule has 2 aromatic rings. The third-order valence-corrected chi connectivity index (χ3v) is 6.11. The van der Waals surface area contributed by atoms with Crippen molar-refractivity contribution >= 4 is 27.3 Å². The van der Waals surface area contributed by atoms with Crippen LogP contribution in [-0.4, -0.2) is 36.6 Å². The van der Waals surface area contributed by atoms with Gasteiger partial charge in [-0.25, -0.2) is 4.39 Å². The highest BCUT2D eigenvalue weighted by Gasteiger charge is 2.31. The molecule has 1 aromatic carbocycles. The molecule has 2 saturated heterocycles. The standard InChI is InChI=1S/C18H20FNO2S/c19-14-3-4-16-13(10-14)11-17(23-16)18(21)20-7-5-12(6-8-20)15-2-1-9-22-15/h3-4,10-12,15H,1-2,5-9H2. The lowest BCUT2D eigenvalue weighted by atomic mass is 9.90. The number of hydrogen-bond donors (Lipinski definition) is 0. The Morgan fingerprint density at radius 1 is 1.22 bits per heavy atom. The number of hydrogen-bond acceptors (Lipinski definition) is 3. The van der Waals surface area contributed by atoms with Gasteiger partial charge in [-0.15, -0.1) is 11.3 Å². The number of nitrogens with zero attached hydrogens (tertiary/aromatic N) is 1. The van der Waals surface area contributed by atoms with Gasteiger partial charge < -0.3 is 9.64 Å². The molecule has 0 N–H and O–H groups in total. The minimum atomic E-state index is -0.258. The third-order valence-electron chi connectivity index (χ3n) is 5.01. The second kappa shape index (κ2) is 6.21. The molecule has 122 valence electrons. The highest BCUT2D eigenvalue weighted by Crippen LogP contribution is 2.31. The van der Waals surface area contributed by atoms with Gasteiger partial charge in [-0.1, -0.05) is 0 Å². The van der Waals surface area contributed by atoms with E-state index in [1.807, 2.05) is 11.0 Å². The Labute approximate surface area is 139 Å². The Balaban J connectivity index is 1.44. The fourth-order valence-electron chi connectivity index (χ4n) is 3.72. The van der Waals surface area contributed by atoms with Crippen LogP contribution in [0.3, 0.4) is 0 Å². The minimum Gasteiger partial charge on any atom is -0.378 e. The van der Waals surface area contributed by atoms with Crippen LogP contribution >= 0.6 is 11.3 Å². The molecular formula is C18H20FNO2S. The molecule has 2 aliphatic heterocycles. The Morgan fingerprint density at radius 3 is 2.78 bits per heavy atom. The smallest absolute Gasteiger partial charge is 0.263 e. The normalized spacial score (nSPS) is 22.8. The second-order valence-corrected chi connectivity index (χ2v) is 7.56. The predicted octanol–water partition coefficient (Wildman–Crippen LogP) is 4.07. The van der Waals surface area contributed by atoms with E-state index in [4.69, 9.17) is 4.74 Å². The van der Waals surface area contributed by atoms with Crippen molar-refractivity contribution in [3.8, 4) is 0 Å². The molecule has 3 nitrogen and oxygen atoms in total. The lowest BCUT2D eigenvalue weighted by molar-refractivity contribution is 0.0293. The summed E-state index contributed by atoms with van der Waals surface area (Å²) in [7, 11) is 0. The van der Waals surface area contributed by atoms with Gasteiger partial charge in [0, 0.05) is 24.4 Å². The quantitative estimate of drug-likeness (QED) is 0.829. The molecule has 2 fully saturated rings. The fourth-order valence-corrected chi connectivity index (χ4v) is 4.74. The summed E-state index contributed by atoms with van der Waals surface area (Å²) in [4.78, 5) is 15.3. The van der Waals surface area contributed by atoms with Crippen molar-refractivity contribution in [3.05, 3.63) is 35.0 Å². The van der Waals surface area contributed by atoms with Gasteiger partial charge in [0.2, 0.25) is 0 Å². The van der Waals surface area contributed by atoms with Crippen LogP contribution in [0.2, 0.25) is 0 Å². The van der Waals surface area contributed by atoms with Gasteiger partial charge in [-0.05, 0) is 61.3 Å². The minimum absolute atomic E-state index is 0.0809. The molecule has 1 aromatic heterocycles. The summed E-state index contributed by atoms with van der Waals surface area (Å²) in [6.07, 6.45) is 4.79. The van der Waals surface area contributed by atoms with Gasteiger partial charge in [0.05, 0.1) is 11.0 Å². The Bertz CT molecular complexity index is 715. The van der Waals surface area contributed by atoms with Crippen molar-refractivity contribution in [2.75, 3.05) is 19.7 Å². The maximum atomic E-state index is 13.3. The van der Waals surface area contributed by atoms with E-state index in [0.717, 1.165) is 42.6 Å². The zero-order chi connectivity index (χ0) is 15.8. The molecule has 2 aliphatic rings. The van der Waals surface area contributed by atoms with E-state index < -0.39 is 0 Å². The lowest BCUT2D eigenvalue weighted by Crippen LogP contribution is -2.40. The summed E-state index contributed by atoms with van der Waals surface area (Å²) >= 11 is 1.45. The first-order chi connectivity index (χ1) is 11.2. The van der Waals surface area contributed by atoms with Gasteiger partial charge in [-0.3, -0.25) is 4.79 Å². The summed E-state index contributed by atoms with van der Waals surface area (Å²) in [5, 5.41) is 0.813. The summed E-state index contributed by atoms with van der Waals surface area (Å²) < 4.78 is 20.0. The van der Waals surface area contributed by atoms with Crippen molar-refractivity contribution in [2.45, 2.75) is 31.8 Å². The van der Waals surface area contributed by atoms with Crippen molar-refractivity contribution < 1.29 is 13.9 Å². The number of thiophene rings is 1. The Kier molecular flexibility index (Phi) is 4.07. The lowest BCUT2D eigenvalue weighted by Gasteiger charge is -2.34. The van der Waals surface area contributed by atoms with Gasteiger partial charge in [-0.2, -0.15) is 0 Å². The predicted molar refractivity (Wildman–Crippen MR) is 89.4 cm³/mol. The number of likely N-dealkylation sites (tertiary alicyclic amines) is 1. The molecule has 1 amide bonds. The molecule has 0 bridgehead atoms. The zero-order valence-electron chi connectivity index (χ0n) is 13.0. The number of piperidine rings is 1. The first-order valence-electron chi connectivity index (χ1n) is 8.31. The molecular weight excluding hydrogens is 313 g/mol. The summed E-state index contributed by atoms with van der Waals surface area (Å²) in [6, 6.07) is 6.50. The number of rotatable bonds is 2. The average molecular weight is 333 g/mol. The average Bonchev–Trinajstić information content (AvgIpc) is 3.23. The topological polar surface area (TPSA) is 29.5 Å². The number of carbonyl (C=O) groups excluding carboxylic acids is 1. The number of carbonyl (C=O) groups is 1. The SMILES string of the molecule is O=C(c1cc2cc(F)ccc2s1)N1CCC(C2CCCO2)CC1. The third kappa shape index (κ3) is 3.00. The van der Waals surface area contributed by atoms with Crippen LogP contribution in [-0.2, 0) is 4.74 Å². The Morgan fingerprint density at radius 2 is 2.04 bits per heavy atom. The largest absolute Gasteiger partial charge is 0.378 e. The van der Waals surface area contributed by atoms with Crippen LogP contribution in [0.4, 0.5) is 4.39 Å². The highest BCUT2D eigenvalue weighted by molar-refractivity contribution is 7.20. The highest BCUT2D eigenvalue weighted by atomic mass is 32.1. The molecule has 1 unspecified atom stereocenters. The van der Waals surface area contributed by atoms with Crippen molar-refractivity contribution in [2.24, 2.45) is 5.92 Å². The van der Waals surface area contributed by atoms with Gasteiger partial charge >= 0.3 is 0 Å². The number of benzene rings is 1. The number of fused-ring (bicyclic) bond motifs is 1. The second-order valence-electron chi connectivity index (χ2n) is 6.47. The maximum Gasteiger partial charge on any atom is 0.263 e. The van der Waals surface area contributed by atoms with Crippen molar-refractivity contribution in [1.82, 2.24) is 4.90 Å². The monoisotopic (exact) mass is 333 g/mol. The molecule has 0 spiro atoms. The van der Waals surface area contributed by atoms with E-state index in [1.54, 1.807) is 6.07 Å². The Hall–Kier alpha value is -1.46. The van der Waals surface area contributed by atoms with Crippen LogP contribution in [0, 0.1) is 11.7 Å². The van der Waals surface area contributed by atoms with E-state index in [2.05, 4.69) is 0 Å². The van der Waals surface area contributed by atoms with E-state index >= 15 is 0 Å². The first kappa shape index (κ1) is 15.1. The molecule has 0 saturated carbocycles. The van der Waals surface area contributed by atoms with Crippen LogP contribution in [0.25, 0.3) is 10.1 Å². The number of halogens is 1. The van der Waals surface area contributed by atoms with Crippen molar-refractivity contribution in [3.63, 3.8) is 0 Å². The van der Waals surface area contributed by atoms with Crippen LogP contribution in [0.5, 0.6) is 0 Å². The molecule has 1 atom stereocenters. The zero-order valence-corrected chi connectivity index (χ0v) is 13.8. The van der Waals surface area contributed by atoms with E-state index in [-0.39, 0.29) is 11.7 Å². The summed E-state index contributed by atoms with van der Waals surface area (Å²) in [6.45, 7) is 2.49. The molecule has 0 radical (unpaired) electrons. The fraction of sp³-hybridized carbons (Fsp3) is 0.500. The molecule has 5 heteroatoms. The maximum absolute atomic E-state index is 13.3. The molecule has 3 heterocycles. The molecule has 4 rings (SSSR count). The van der Waals surface area contributed by atoms with Crippen molar-refractivity contribution in [1.29, 1.82) is 0 Å². The van der Waals surface area contributed by atoms with Gasteiger partial charge in [0.1, 0.15) is 5.82 Å². The number of ether oxygens (including phenoxy) is 1. The van der Waals surface area contributed by atoms with E-state index in [0.29, 0.717) is 16.9 Å².